The molecule has 20 heavy (non-hydrogen) atoms. The summed E-state index contributed by atoms with van der Waals surface area (Å²) in [5.74, 6) is -0.266. The Kier molecular flexibility index (Phi) is 8.88. The molecule has 0 aromatic heterocycles. The minimum Gasteiger partial charge on any atom is -0.317 e. The van der Waals surface area contributed by atoms with Crippen LogP contribution in [0, 0.1) is 5.82 Å². The molecule has 1 aromatic carbocycles. The normalized spacial score (nSPS) is 12.6. The van der Waals surface area contributed by atoms with E-state index in [4.69, 9.17) is 11.6 Å². The highest BCUT2D eigenvalue weighted by molar-refractivity contribution is 6.30. The molecular formula is C17H27ClFN. The summed E-state index contributed by atoms with van der Waals surface area (Å²) in [5.41, 5.74) is 0.711. The Morgan fingerprint density at radius 1 is 1.15 bits per heavy atom. The molecule has 0 amide bonds. The molecule has 1 rings (SSSR count). The quantitative estimate of drug-likeness (QED) is 0.573. The molecule has 0 fully saturated rings. The number of unbranched alkanes of at least 4 members (excludes halogenated alkanes) is 5. The number of hydrogen-bond acceptors (Lipinski definition) is 1. The number of hydrogen-bond donors (Lipinski definition) is 1. The van der Waals surface area contributed by atoms with Gasteiger partial charge in [-0.15, -0.1) is 0 Å². The van der Waals surface area contributed by atoms with Crippen molar-refractivity contribution in [2.45, 2.75) is 64.3 Å². The SMILES string of the molecule is CCCCCCCCC(Cc1cccc(Cl)c1F)NC. The maximum atomic E-state index is 13.9. The van der Waals surface area contributed by atoms with Gasteiger partial charge in [-0.2, -0.15) is 0 Å². The minimum atomic E-state index is -0.266. The van der Waals surface area contributed by atoms with E-state index in [-0.39, 0.29) is 10.8 Å². The second kappa shape index (κ2) is 10.2. The highest BCUT2D eigenvalue weighted by Crippen LogP contribution is 2.20. The van der Waals surface area contributed by atoms with E-state index in [0.717, 1.165) is 6.42 Å². The van der Waals surface area contributed by atoms with Crippen molar-refractivity contribution in [3.8, 4) is 0 Å². The molecule has 0 aliphatic heterocycles. The Hall–Kier alpha value is -0.600. The summed E-state index contributed by atoms with van der Waals surface area (Å²) >= 11 is 5.82. The molecule has 0 spiro atoms. The summed E-state index contributed by atoms with van der Waals surface area (Å²) in [5, 5.41) is 3.51. The molecule has 0 heterocycles. The fourth-order valence-corrected chi connectivity index (χ4v) is 2.69. The summed E-state index contributed by atoms with van der Waals surface area (Å²) in [6.45, 7) is 2.23. The Labute approximate surface area is 127 Å². The van der Waals surface area contributed by atoms with Crippen LogP contribution in [0.5, 0.6) is 0 Å². The third kappa shape index (κ3) is 6.23. The van der Waals surface area contributed by atoms with Gasteiger partial charge >= 0.3 is 0 Å². The van der Waals surface area contributed by atoms with Crippen LogP contribution >= 0.6 is 11.6 Å². The fraction of sp³-hybridized carbons (Fsp3) is 0.647. The van der Waals surface area contributed by atoms with Gasteiger partial charge in [0.1, 0.15) is 5.82 Å². The minimum absolute atomic E-state index is 0.219. The molecule has 3 heteroatoms. The summed E-state index contributed by atoms with van der Waals surface area (Å²) in [6, 6.07) is 5.57. The lowest BCUT2D eigenvalue weighted by Gasteiger charge is -2.17. The van der Waals surface area contributed by atoms with E-state index >= 15 is 0 Å². The van der Waals surface area contributed by atoms with Crippen molar-refractivity contribution < 1.29 is 4.39 Å². The smallest absolute Gasteiger partial charge is 0.145 e. The van der Waals surface area contributed by atoms with E-state index in [1.165, 1.54) is 38.5 Å². The lowest BCUT2D eigenvalue weighted by atomic mass is 9.99. The van der Waals surface area contributed by atoms with Gasteiger partial charge in [0.25, 0.3) is 0 Å². The van der Waals surface area contributed by atoms with Gasteiger partial charge in [-0.1, -0.05) is 69.2 Å². The molecule has 0 radical (unpaired) electrons. The van der Waals surface area contributed by atoms with Gasteiger partial charge in [0.2, 0.25) is 0 Å². The Morgan fingerprint density at radius 2 is 1.85 bits per heavy atom. The van der Waals surface area contributed by atoms with Crippen molar-refractivity contribution in [2.75, 3.05) is 7.05 Å². The zero-order valence-electron chi connectivity index (χ0n) is 12.7. The molecule has 0 saturated heterocycles. The average Bonchev–Trinajstić information content (AvgIpc) is 2.46. The molecule has 0 aliphatic rings. The van der Waals surface area contributed by atoms with E-state index in [1.54, 1.807) is 6.07 Å². The van der Waals surface area contributed by atoms with Crippen molar-refractivity contribution >= 4 is 11.6 Å². The Balaban J connectivity index is 2.34. The van der Waals surface area contributed by atoms with Crippen LogP contribution in [0.15, 0.2) is 18.2 Å². The number of nitrogens with one attached hydrogen (secondary N) is 1. The molecule has 0 aliphatic carbocycles. The lowest BCUT2D eigenvalue weighted by molar-refractivity contribution is 0.471. The molecule has 0 saturated carbocycles. The Morgan fingerprint density at radius 3 is 2.55 bits per heavy atom. The summed E-state index contributed by atoms with van der Waals surface area (Å²) in [6.07, 6.45) is 9.55. The van der Waals surface area contributed by atoms with Crippen LogP contribution in [0.25, 0.3) is 0 Å². The van der Waals surface area contributed by atoms with Crippen molar-refractivity contribution in [3.05, 3.63) is 34.6 Å². The highest BCUT2D eigenvalue weighted by atomic mass is 35.5. The largest absolute Gasteiger partial charge is 0.317 e. The van der Waals surface area contributed by atoms with Crippen molar-refractivity contribution in [1.29, 1.82) is 0 Å². The van der Waals surface area contributed by atoms with Gasteiger partial charge in [-0.05, 0) is 31.5 Å². The van der Waals surface area contributed by atoms with Crippen LogP contribution in [0.4, 0.5) is 4.39 Å². The summed E-state index contributed by atoms with van der Waals surface area (Å²) < 4.78 is 13.9. The van der Waals surface area contributed by atoms with Crippen LogP contribution in [-0.2, 0) is 6.42 Å². The zero-order chi connectivity index (χ0) is 14.8. The van der Waals surface area contributed by atoms with Gasteiger partial charge in [0.05, 0.1) is 5.02 Å². The van der Waals surface area contributed by atoms with Crippen LogP contribution < -0.4 is 5.32 Å². The topological polar surface area (TPSA) is 12.0 Å². The number of likely N-dealkylation sites (N-methyl/N-ethyl adjacent to an activating group) is 1. The maximum absolute atomic E-state index is 13.9. The van der Waals surface area contributed by atoms with Crippen molar-refractivity contribution in [3.63, 3.8) is 0 Å². The average molecular weight is 300 g/mol. The van der Waals surface area contributed by atoms with Crippen LogP contribution in [0.1, 0.15) is 57.4 Å². The molecule has 1 N–H and O–H groups in total. The lowest BCUT2D eigenvalue weighted by Crippen LogP contribution is -2.27. The van der Waals surface area contributed by atoms with Crippen LogP contribution in [-0.4, -0.2) is 13.1 Å². The second-order valence-electron chi connectivity index (χ2n) is 5.46. The van der Waals surface area contributed by atoms with Crippen molar-refractivity contribution in [1.82, 2.24) is 5.32 Å². The van der Waals surface area contributed by atoms with E-state index in [9.17, 15) is 4.39 Å². The Bertz CT molecular complexity index is 381. The van der Waals surface area contributed by atoms with Gasteiger partial charge in [-0.25, -0.2) is 4.39 Å². The maximum Gasteiger partial charge on any atom is 0.145 e. The van der Waals surface area contributed by atoms with Gasteiger partial charge in [0, 0.05) is 6.04 Å². The number of halogens is 2. The molecular weight excluding hydrogens is 273 g/mol. The molecule has 1 aromatic rings. The first-order valence-corrected chi connectivity index (χ1v) is 8.17. The number of benzene rings is 1. The zero-order valence-corrected chi connectivity index (χ0v) is 13.5. The van der Waals surface area contributed by atoms with Gasteiger partial charge in [-0.3, -0.25) is 0 Å². The van der Waals surface area contributed by atoms with Crippen molar-refractivity contribution in [2.24, 2.45) is 0 Å². The molecule has 1 unspecified atom stereocenters. The van der Waals surface area contributed by atoms with Crippen LogP contribution in [0.2, 0.25) is 5.02 Å². The first kappa shape index (κ1) is 17.5. The first-order chi connectivity index (χ1) is 9.69. The number of rotatable bonds is 10. The first-order valence-electron chi connectivity index (χ1n) is 7.79. The summed E-state index contributed by atoms with van der Waals surface area (Å²) in [7, 11) is 1.95. The van der Waals surface area contributed by atoms with E-state index in [1.807, 2.05) is 19.2 Å². The van der Waals surface area contributed by atoms with E-state index < -0.39 is 0 Å². The third-order valence-electron chi connectivity index (χ3n) is 3.81. The molecule has 0 bridgehead atoms. The van der Waals surface area contributed by atoms with Gasteiger partial charge in [0.15, 0.2) is 0 Å². The van der Waals surface area contributed by atoms with Gasteiger partial charge < -0.3 is 5.32 Å². The molecule has 1 atom stereocenters. The fourth-order valence-electron chi connectivity index (χ4n) is 2.49. The second-order valence-corrected chi connectivity index (χ2v) is 5.87. The monoisotopic (exact) mass is 299 g/mol. The predicted octanol–water partition coefficient (Wildman–Crippen LogP) is 5.36. The third-order valence-corrected chi connectivity index (χ3v) is 4.10. The molecule has 1 nitrogen and oxygen atoms in total. The molecule has 114 valence electrons. The van der Waals surface area contributed by atoms with E-state index in [2.05, 4.69) is 12.2 Å². The summed E-state index contributed by atoms with van der Waals surface area (Å²) in [4.78, 5) is 0. The predicted molar refractivity (Wildman–Crippen MR) is 86.0 cm³/mol. The highest BCUT2D eigenvalue weighted by Gasteiger charge is 2.12. The van der Waals surface area contributed by atoms with E-state index in [0.29, 0.717) is 18.0 Å². The standard InChI is InChI=1S/C17H27ClFN/c1-3-4-5-6-7-8-11-15(20-2)13-14-10-9-12-16(18)17(14)19/h9-10,12,15,20H,3-8,11,13H2,1-2H3. The van der Waals surface area contributed by atoms with Crippen LogP contribution in [0.3, 0.4) is 0 Å².